The zero-order valence-electron chi connectivity index (χ0n) is 9.32. The second kappa shape index (κ2) is 3.21. The Bertz CT molecular complexity index is 395. The lowest BCUT2D eigenvalue weighted by Gasteiger charge is -2.22. The second-order valence-electron chi connectivity index (χ2n) is 5.10. The van der Waals surface area contributed by atoms with E-state index >= 15 is 0 Å². The molecule has 0 aromatic heterocycles. The standard InChI is InChI=1S/C11H15N3O2/c1-10(8(13)15)4-5-14(7-10)9(16)11(6-12)2-3-11/h2-5,7H2,1H3,(H2,13,15). The lowest BCUT2D eigenvalue weighted by Crippen LogP contribution is -2.40. The first-order valence-electron chi connectivity index (χ1n) is 5.44. The van der Waals surface area contributed by atoms with E-state index in [0.29, 0.717) is 32.4 Å². The molecule has 0 aromatic carbocycles. The van der Waals surface area contributed by atoms with E-state index in [1.54, 1.807) is 11.8 Å². The molecule has 16 heavy (non-hydrogen) atoms. The van der Waals surface area contributed by atoms with Crippen molar-refractivity contribution >= 4 is 11.8 Å². The van der Waals surface area contributed by atoms with Gasteiger partial charge in [-0.15, -0.1) is 0 Å². The summed E-state index contributed by atoms with van der Waals surface area (Å²) >= 11 is 0. The molecule has 0 aromatic rings. The van der Waals surface area contributed by atoms with Gasteiger partial charge in [0, 0.05) is 13.1 Å². The van der Waals surface area contributed by atoms with Crippen LogP contribution in [0.1, 0.15) is 26.2 Å². The molecule has 1 aliphatic heterocycles. The van der Waals surface area contributed by atoms with Crippen LogP contribution in [0.4, 0.5) is 0 Å². The molecular weight excluding hydrogens is 206 g/mol. The molecule has 0 radical (unpaired) electrons. The predicted molar refractivity (Wildman–Crippen MR) is 55.8 cm³/mol. The van der Waals surface area contributed by atoms with Gasteiger partial charge in [0.25, 0.3) is 0 Å². The minimum Gasteiger partial charge on any atom is -0.369 e. The molecular formula is C11H15N3O2. The first kappa shape index (κ1) is 10.9. The summed E-state index contributed by atoms with van der Waals surface area (Å²) in [5.74, 6) is -0.496. The number of nitrogens with two attached hydrogens (primary N) is 1. The maximum absolute atomic E-state index is 12.0. The molecule has 2 fully saturated rings. The van der Waals surface area contributed by atoms with Crippen molar-refractivity contribution in [3.05, 3.63) is 0 Å². The van der Waals surface area contributed by atoms with Gasteiger partial charge in [0.05, 0.1) is 11.5 Å². The van der Waals surface area contributed by atoms with Crippen molar-refractivity contribution in [1.29, 1.82) is 5.26 Å². The Labute approximate surface area is 94.2 Å². The van der Waals surface area contributed by atoms with E-state index in [1.807, 2.05) is 0 Å². The minimum absolute atomic E-state index is 0.125. The molecule has 1 unspecified atom stereocenters. The van der Waals surface area contributed by atoms with Gasteiger partial charge < -0.3 is 10.6 Å². The Morgan fingerprint density at radius 2 is 2.00 bits per heavy atom. The van der Waals surface area contributed by atoms with Gasteiger partial charge in [0.15, 0.2) is 0 Å². The summed E-state index contributed by atoms with van der Waals surface area (Å²) < 4.78 is 0. The monoisotopic (exact) mass is 221 g/mol. The highest BCUT2D eigenvalue weighted by molar-refractivity contribution is 5.90. The molecule has 0 spiro atoms. The van der Waals surface area contributed by atoms with Crippen molar-refractivity contribution < 1.29 is 9.59 Å². The third kappa shape index (κ3) is 1.45. The van der Waals surface area contributed by atoms with Crippen molar-refractivity contribution in [3.63, 3.8) is 0 Å². The number of primary amides is 1. The fourth-order valence-corrected chi connectivity index (χ4v) is 2.14. The van der Waals surface area contributed by atoms with Crippen LogP contribution in [-0.2, 0) is 9.59 Å². The van der Waals surface area contributed by atoms with E-state index in [9.17, 15) is 9.59 Å². The highest BCUT2D eigenvalue weighted by Gasteiger charge is 2.54. The summed E-state index contributed by atoms with van der Waals surface area (Å²) in [5.41, 5.74) is 3.90. The fourth-order valence-electron chi connectivity index (χ4n) is 2.14. The van der Waals surface area contributed by atoms with Gasteiger partial charge in [-0.1, -0.05) is 0 Å². The van der Waals surface area contributed by atoms with Crippen LogP contribution in [0.3, 0.4) is 0 Å². The van der Waals surface area contributed by atoms with Crippen LogP contribution < -0.4 is 5.73 Å². The molecule has 1 saturated carbocycles. The van der Waals surface area contributed by atoms with Crippen LogP contribution in [0, 0.1) is 22.2 Å². The van der Waals surface area contributed by atoms with Crippen LogP contribution in [0.2, 0.25) is 0 Å². The van der Waals surface area contributed by atoms with Gasteiger partial charge in [0.2, 0.25) is 11.8 Å². The predicted octanol–water partition coefficient (Wildman–Crippen LogP) is 0.0141. The van der Waals surface area contributed by atoms with Crippen LogP contribution in [0.5, 0.6) is 0 Å². The van der Waals surface area contributed by atoms with Gasteiger partial charge in [0.1, 0.15) is 5.41 Å². The molecule has 5 heteroatoms. The largest absolute Gasteiger partial charge is 0.369 e. The summed E-state index contributed by atoms with van der Waals surface area (Å²) in [6.45, 7) is 2.65. The zero-order chi connectivity index (χ0) is 12.0. The van der Waals surface area contributed by atoms with Crippen molar-refractivity contribution in [2.24, 2.45) is 16.6 Å². The molecule has 1 atom stereocenters. The maximum Gasteiger partial charge on any atom is 0.243 e. The van der Waals surface area contributed by atoms with Gasteiger partial charge in [-0.25, -0.2) is 0 Å². The van der Waals surface area contributed by atoms with Crippen molar-refractivity contribution in [2.75, 3.05) is 13.1 Å². The lowest BCUT2D eigenvalue weighted by molar-refractivity contribution is -0.135. The third-order valence-corrected chi connectivity index (χ3v) is 3.73. The Morgan fingerprint density at radius 1 is 1.38 bits per heavy atom. The van der Waals surface area contributed by atoms with E-state index in [1.165, 1.54) is 0 Å². The number of carbonyl (C=O) groups is 2. The molecule has 0 bridgehead atoms. The summed E-state index contributed by atoms with van der Waals surface area (Å²) in [6, 6.07) is 2.08. The number of hydrogen-bond donors (Lipinski definition) is 1. The molecule has 2 rings (SSSR count). The highest BCUT2D eigenvalue weighted by Crippen LogP contribution is 2.47. The maximum atomic E-state index is 12.0. The molecule has 2 aliphatic rings. The molecule has 5 nitrogen and oxygen atoms in total. The normalized spacial score (nSPS) is 30.9. The van der Waals surface area contributed by atoms with E-state index in [-0.39, 0.29) is 11.8 Å². The molecule has 1 heterocycles. The number of carbonyl (C=O) groups excluding carboxylic acids is 2. The zero-order valence-corrected chi connectivity index (χ0v) is 9.32. The van der Waals surface area contributed by atoms with Crippen molar-refractivity contribution in [3.8, 4) is 6.07 Å². The number of nitrogens with zero attached hydrogens (tertiary/aromatic N) is 2. The number of hydrogen-bond acceptors (Lipinski definition) is 3. The van der Waals surface area contributed by atoms with E-state index in [4.69, 9.17) is 11.0 Å². The third-order valence-electron chi connectivity index (χ3n) is 3.73. The molecule has 2 N–H and O–H groups in total. The van der Waals surface area contributed by atoms with Gasteiger partial charge in [-0.3, -0.25) is 9.59 Å². The summed E-state index contributed by atoms with van der Waals surface area (Å²) in [6.07, 6.45) is 1.88. The van der Waals surface area contributed by atoms with Gasteiger partial charge in [-0.05, 0) is 26.2 Å². The molecule has 1 aliphatic carbocycles. The summed E-state index contributed by atoms with van der Waals surface area (Å²) in [7, 11) is 0. The van der Waals surface area contributed by atoms with Crippen LogP contribution in [0.25, 0.3) is 0 Å². The minimum atomic E-state index is -0.789. The summed E-state index contributed by atoms with van der Waals surface area (Å²) in [5, 5.41) is 8.94. The summed E-state index contributed by atoms with van der Waals surface area (Å²) in [4.78, 5) is 24.9. The molecule has 86 valence electrons. The number of likely N-dealkylation sites (tertiary alicyclic amines) is 1. The first-order valence-corrected chi connectivity index (χ1v) is 5.44. The Kier molecular flexibility index (Phi) is 2.19. The number of rotatable bonds is 2. The van der Waals surface area contributed by atoms with Gasteiger partial charge in [-0.2, -0.15) is 5.26 Å². The topological polar surface area (TPSA) is 87.2 Å². The molecule has 2 amide bonds. The SMILES string of the molecule is CC1(C(N)=O)CCN(C(=O)C2(C#N)CC2)C1. The van der Waals surface area contributed by atoms with E-state index < -0.39 is 10.8 Å². The van der Waals surface area contributed by atoms with Crippen LogP contribution >= 0.6 is 0 Å². The van der Waals surface area contributed by atoms with Crippen LogP contribution in [-0.4, -0.2) is 29.8 Å². The average molecular weight is 221 g/mol. The number of amides is 2. The smallest absolute Gasteiger partial charge is 0.243 e. The molecule has 1 saturated heterocycles. The first-order chi connectivity index (χ1) is 7.43. The fraction of sp³-hybridized carbons (Fsp3) is 0.727. The highest BCUT2D eigenvalue weighted by atomic mass is 16.2. The average Bonchev–Trinajstić information content (AvgIpc) is 2.95. The Hall–Kier alpha value is -1.57. The van der Waals surface area contributed by atoms with Crippen molar-refractivity contribution in [1.82, 2.24) is 4.90 Å². The lowest BCUT2D eigenvalue weighted by atomic mass is 9.89. The Morgan fingerprint density at radius 3 is 2.38 bits per heavy atom. The van der Waals surface area contributed by atoms with Crippen molar-refractivity contribution in [2.45, 2.75) is 26.2 Å². The Balaban J connectivity index is 2.08. The van der Waals surface area contributed by atoms with Gasteiger partial charge >= 0.3 is 0 Å². The van der Waals surface area contributed by atoms with E-state index in [0.717, 1.165) is 0 Å². The second-order valence-corrected chi connectivity index (χ2v) is 5.10. The quantitative estimate of drug-likeness (QED) is 0.712. The van der Waals surface area contributed by atoms with E-state index in [2.05, 4.69) is 6.07 Å². The number of nitriles is 1. The van der Waals surface area contributed by atoms with Crippen LogP contribution in [0.15, 0.2) is 0 Å².